The van der Waals surface area contributed by atoms with Crippen LogP contribution in [0.3, 0.4) is 0 Å². The van der Waals surface area contributed by atoms with Crippen molar-refractivity contribution in [2.75, 3.05) is 19.0 Å². The van der Waals surface area contributed by atoms with Gasteiger partial charge in [0.1, 0.15) is 0 Å². The molecule has 0 aliphatic carbocycles. The molecule has 0 aromatic rings. The second-order valence-electron chi connectivity index (χ2n) is 5.12. The minimum Gasteiger partial charge on any atom is -0.199 e. The maximum absolute atomic E-state index is 12.1. The summed E-state index contributed by atoms with van der Waals surface area (Å²) >= 11 is 5.73. The maximum Gasteiger partial charge on any atom is 0.279 e. The number of rotatable bonds is 5. The van der Waals surface area contributed by atoms with Crippen LogP contribution in [0, 0.1) is 11.8 Å². The van der Waals surface area contributed by atoms with Gasteiger partial charge in [-0.25, -0.2) is 0 Å². The smallest absolute Gasteiger partial charge is 0.199 e. The summed E-state index contributed by atoms with van der Waals surface area (Å²) in [6, 6.07) is -0.128. The second-order valence-corrected chi connectivity index (χ2v) is 7.14. The molecule has 2 atom stereocenters. The lowest BCUT2D eigenvalue weighted by atomic mass is 10.0. The summed E-state index contributed by atoms with van der Waals surface area (Å²) in [6.45, 7) is 7.21. The molecular weight excluding hydrogens is 260 g/mol. The molecule has 0 aromatic heterocycles. The molecule has 1 aliphatic rings. The van der Waals surface area contributed by atoms with E-state index in [2.05, 4.69) is 11.6 Å². The fraction of sp³-hybridized carbons (Fsp3) is 1.00. The molecule has 4 nitrogen and oxygen atoms in total. The van der Waals surface area contributed by atoms with Crippen LogP contribution in [0.5, 0.6) is 0 Å². The van der Waals surface area contributed by atoms with E-state index >= 15 is 0 Å². The zero-order chi connectivity index (χ0) is 13.1. The van der Waals surface area contributed by atoms with Gasteiger partial charge in [0, 0.05) is 25.0 Å². The van der Waals surface area contributed by atoms with E-state index in [4.69, 9.17) is 11.6 Å². The van der Waals surface area contributed by atoms with Crippen molar-refractivity contribution in [2.45, 2.75) is 39.7 Å². The van der Waals surface area contributed by atoms with Crippen molar-refractivity contribution in [2.24, 2.45) is 11.8 Å². The second kappa shape index (κ2) is 6.36. The van der Waals surface area contributed by atoms with E-state index in [1.165, 1.54) is 0 Å². The van der Waals surface area contributed by atoms with Crippen LogP contribution in [0.4, 0.5) is 0 Å². The van der Waals surface area contributed by atoms with Crippen molar-refractivity contribution in [3.8, 4) is 0 Å². The van der Waals surface area contributed by atoms with Crippen LogP contribution >= 0.6 is 11.6 Å². The third-order valence-corrected chi connectivity index (χ3v) is 5.72. The van der Waals surface area contributed by atoms with Crippen molar-refractivity contribution < 1.29 is 8.42 Å². The average Bonchev–Trinajstić information content (AvgIpc) is 2.27. The summed E-state index contributed by atoms with van der Waals surface area (Å²) in [4.78, 5) is 0. The van der Waals surface area contributed by atoms with Gasteiger partial charge in [0.15, 0.2) is 0 Å². The highest BCUT2D eigenvalue weighted by Gasteiger charge is 2.28. The first kappa shape index (κ1) is 15.2. The van der Waals surface area contributed by atoms with Gasteiger partial charge in [-0.15, -0.1) is 11.6 Å². The minimum atomic E-state index is -3.34. The lowest BCUT2D eigenvalue weighted by Gasteiger charge is -2.31. The van der Waals surface area contributed by atoms with Crippen molar-refractivity contribution in [1.82, 2.24) is 9.03 Å². The van der Waals surface area contributed by atoms with Crippen LogP contribution in [0.1, 0.15) is 33.6 Å². The molecule has 0 radical (unpaired) electrons. The maximum atomic E-state index is 12.1. The average molecular weight is 283 g/mol. The van der Waals surface area contributed by atoms with E-state index in [1.807, 2.05) is 13.8 Å². The molecule has 1 heterocycles. The number of hydrogen-bond donors (Lipinski definition) is 1. The summed E-state index contributed by atoms with van der Waals surface area (Å²) in [5, 5.41) is 0. The van der Waals surface area contributed by atoms with Gasteiger partial charge in [-0.05, 0) is 31.6 Å². The fourth-order valence-electron chi connectivity index (χ4n) is 1.78. The Morgan fingerprint density at radius 2 is 1.88 bits per heavy atom. The Labute approximate surface area is 110 Å². The van der Waals surface area contributed by atoms with Crippen molar-refractivity contribution in [3.63, 3.8) is 0 Å². The van der Waals surface area contributed by atoms with E-state index in [0.717, 1.165) is 12.8 Å². The Bertz CT molecular complexity index is 326. The first-order valence-electron chi connectivity index (χ1n) is 6.20. The number of piperidine rings is 1. The predicted octanol–water partition coefficient (Wildman–Crippen LogP) is 1.82. The standard InChI is InChI=1S/C11H23ClN2O2S/c1-9-4-6-14(7-5-9)17(15,16)13-11(3)10(2)8-12/h9-11,13H,4-8H2,1-3H3. The van der Waals surface area contributed by atoms with Gasteiger partial charge in [-0.3, -0.25) is 0 Å². The highest BCUT2D eigenvalue weighted by molar-refractivity contribution is 7.87. The van der Waals surface area contributed by atoms with Gasteiger partial charge in [-0.1, -0.05) is 13.8 Å². The quantitative estimate of drug-likeness (QED) is 0.782. The topological polar surface area (TPSA) is 49.4 Å². The van der Waals surface area contributed by atoms with Gasteiger partial charge < -0.3 is 0 Å². The molecule has 0 bridgehead atoms. The van der Waals surface area contributed by atoms with Crippen molar-refractivity contribution >= 4 is 21.8 Å². The van der Waals surface area contributed by atoms with E-state index < -0.39 is 10.2 Å². The van der Waals surface area contributed by atoms with Gasteiger partial charge >= 0.3 is 0 Å². The fourth-order valence-corrected chi connectivity index (χ4v) is 3.59. The lowest BCUT2D eigenvalue weighted by Crippen LogP contribution is -2.49. The van der Waals surface area contributed by atoms with Gasteiger partial charge in [0.2, 0.25) is 0 Å². The SMILES string of the molecule is CC1CCN(S(=O)(=O)NC(C)C(C)CCl)CC1. The van der Waals surface area contributed by atoms with Gasteiger partial charge in [0.05, 0.1) is 0 Å². The van der Waals surface area contributed by atoms with Gasteiger partial charge in [-0.2, -0.15) is 17.4 Å². The highest BCUT2D eigenvalue weighted by atomic mass is 35.5. The largest absolute Gasteiger partial charge is 0.279 e. The molecule has 1 aliphatic heterocycles. The zero-order valence-corrected chi connectivity index (χ0v) is 12.4. The number of nitrogens with one attached hydrogen (secondary N) is 1. The molecular formula is C11H23ClN2O2S. The lowest BCUT2D eigenvalue weighted by molar-refractivity contribution is 0.282. The van der Waals surface area contributed by atoms with Crippen LogP contribution in [0.15, 0.2) is 0 Å². The molecule has 1 saturated heterocycles. The molecule has 0 saturated carbocycles. The Morgan fingerprint density at radius 1 is 1.35 bits per heavy atom. The molecule has 2 unspecified atom stereocenters. The molecule has 1 rings (SSSR count). The first-order chi connectivity index (χ1) is 7.86. The van der Waals surface area contributed by atoms with Crippen LogP contribution in [0.2, 0.25) is 0 Å². The third kappa shape index (κ3) is 4.39. The van der Waals surface area contributed by atoms with E-state index in [9.17, 15) is 8.42 Å². The Hall–Kier alpha value is 0.160. The molecule has 17 heavy (non-hydrogen) atoms. The molecule has 6 heteroatoms. The number of alkyl halides is 1. The molecule has 1 fully saturated rings. The van der Waals surface area contributed by atoms with Crippen LogP contribution in [0.25, 0.3) is 0 Å². The number of nitrogens with zero attached hydrogens (tertiary/aromatic N) is 1. The van der Waals surface area contributed by atoms with Crippen molar-refractivity contribution in [3.05, 3.63) is 0 Å². The summed E-state index contributed by atoms with van der Waals surface area (Å²) in [5.74, 6) is 1.22. The van der Waals surface area contributed by atoms with Crippen LogP contribution in [-0.4, -0.2) is 37.7 Å². The molecule has 0 amide bonds. The molecule has 1 N–H and O–H groups in total. The Balaban J connectivity index is 2.56. The Kier molecular flexibility index (Phi) is 5.70. The van der Waals surface area contributed by atoms with Crippen LogP contribution < -0.4 is 4.72 Å². The van der Waals surface area contributed by atoms with Crippen LogP contribution in [-0.2, 0) is 10.2 Å². The highest BCUT2D eigenvalue weighted by Crippen LogP contribution is 2.18. The summed E-state index contributed by atoms with van der Waals surface area (Å²) < 4.78 is 28.4. The number of hydrogen-bond acceptors (Lipinski definition) is 2. The van der Waals surface area contributed by atoms with E-state index in [0.29, 0.717) is 24.9 Å². The monoisotopic (exact) mass is 282 g/mol. The summed E-state index contributed by atoms with van der Waals surface area (Å²) in [7, 11) is -3.34. The predicted molar refractivity (Wildman–Crippen MR) is 71.4 cm³/mol. The van der Waals surface area contributed by atoms with E-state index in [1.54, 1.807) is 4.31 Å². The van der Waals surface area contributed by atoms with Crippen molar-refractivity contribution in [1.29, 1.82) is 0 Å². The normalized spacial score (nSPS) is 23.5. The molecule has 0 spiro atoms. The van der Waals surface area contributed by atoms with E-state index in [-0.39, 0.29) is 12.0 Å². The number of halogens is 1. The molecule has 102 valence electrons. The summed E-state index contributed by atoms with van der Waals surface area (Å²) in [5.41, 5.74) is 0. The first-order valence-corrected chi connectivity index (χ1v) is 8.17. The minimum absolute atomic E-state index is 0.128. The third-order valence-electron chi connectivity index (χ3n) is 3.51. The zero-order valence-electron chi connectivity index (χ0n) is 10.8. The molecule has 0 aromatic carbocycles. The summed E-state index contributed by atoms with van der Waals surface area (Å²) in [6.07, 6.45) is 1.89. The Morgan fingerprint density at radius 3 is 2.35 bits per heavy atom. The van der Waals surface area contributed by atoms with Gasteiger partial charge in [0.25, 0.3) is 10.2 Å².